The lowest BCUT2D eigenvalue weighted by atomic mass is 10.1. The Hall–Kier alpha value is -3.03. The molecule has 0 fully saturated rings. The topological polar surface area (TPSA) is 77.0 Å². The number of amides is 1. The number of unbranched alkanes of at least 4 members (excludes halogenated alkanes) is 6. The Balaban J connectivity index is 1.72. The molecule has 222 valence electrons. The number of hydrogen-bond donors (Lipinski definition) is 2. The molecular formula is C35H47NO5. The van der Waals surface area contributed by atoms with E-state index in [0.717, 1.165) is 29.5 Å². The molecule has 0 unspecified atom stereocenters. The van der Waals surface area contributed by atoms with Crippen molar-refractivity contribution in [3.05, 3.63) is 108 Å². The van der Waals surface area contributed by atoms with Crippen molar-refractivity contribution in [2.24, 2.45) is 0 Å². The van der Waals surface area contributed by atoms with Gasteiger partial charge in [0.25, 0.3) is 5.91 Å². The van der Waals surface area contributed by atoms with Gasteiger partial charge < -0.3 is 24.6 Å². The monoisotopic (exact) mass is 561 g/mol. The van der Waals surface area contributed by atoms with Crippen LogP contribution in [0.15, 0.2) is 91.0 Å². The van der Waals surface area contributed by atoms with Crippen LogP contribution >= 0.6 is 0 Å². The van der Waals surface area contributed by atoms with E-state index < -0.39 is 18.3 Å². The standard InChI is InChI=1S/C35H47NO5/c1-2-3-4-5-6-7-17-24-36-35(38)34(41-28-31-22-15-10-16-23-31)33(40-27-30-20-13-9-14-21-30)32(25-37)39-26-29-18-11-8-12-19-29/h8-16,18-23,32-34,37H,2-7,17,24-28H2,1H3,(H,36,38)/t32-,33+,34-/m1/s1. The summed E-state index contributed by atoms with van der Waals surface area (Å²) in [5.74, 6) is -0.258. The summed E-state index contributed by atoms with van der Waals surface area (Å²) in [4.78, 5) is 13.6. The van der Waals surface area contributed by atoms with Gasteiger partial charge in [-0.2, -0.15) is 0 Å². The van der Waals surface area contributed by atoms with Crippen molar-refractivity contribution in [3.8, 4) is 0 Å². The Labute approximate surface area is 246 Å². The van der Waals surface area contributed by atoms with Crippen LogP contribution in [0.5, 0.6) is 0 Å². The molecule has 3 aromatic carbocycles. The summed E-state index contributed by atoms with van der Waals surface area (Å²) in [6.07, 6.45) is 5.59. The van der Waals surface area contributed by atoms with E-state index in [4.69, 9.17) is 14.2 Å². The molecular weight excluding hydrogens is 514 g/mol. The quantitative estimate of drug-likeness (QED) is 0.143. The molecule has 0 bridgehead atoms. The van der Waals surface area contributed by atoms with Crippen molar-refractivity contribution in [2.75, 3.05) is 13.2 Å². The maximum absolute atomic E-state index is 13.6. The summed E-state index contributed by atoms with van der Waals surface area (Å²) in [5, 5.41) is 13.5. The summed E-state index contributed by atoms with van der Waals surface area (Å²) in [7, 11) is 0. The molecule has 3 atom stereocenters. The minimum atomic E-state index is -0.976. The van der Waals surface area contributed by atoms with Crippen molar-refractivity contribution in [1.82, 2.24) is 5.32 Å². The molecule has 41 heavy (non-hydrogen) atoms. The van der Waals surface area contributed by atoms with Gasteiger partial charge in [-0.3, -0.25) is 4.79 Å². The molecule has 6 heteroatoms. The van der Waals surface area contributed by atoms with E-state index in [1.54, 1.807) is 0 Å². The Morgan fingerprint density at radius 1 is 0.659 bits per heavy atom. The van der Waals surface area contributed by atoms with E-state index in [1.807, 2.05) is 91.0 Å². The molecule has 3 aromatic rings. The summed E-state index contributed by atoms with van der Waals surface area (Å²) in [6, 6.07) is 29.3. The van der Waals surface area contributed by atoms with Gasteiger partial charge in [0.05, 0.1) is 26.4 Å². The number of hydrogen-bond acceptors (Lipinski definition) is 5. The molecule has 0 radical (unpaired) electrons. The maximum Gasteiger partial charge on any atom is 0.251 e. The number of nitrogens with one attached hydrogen (secondary N) is 1. The van der Waals surface area contributed by atoms with Crippen LogP contribution in [0.2, 0.25) is 0 Å². The minimum Gasteiger partial charge on any atom is -0.394 e. The van der Waals surface area contributed by atoms with Gasteiger partial charge in [0.2, 0.25) is 0 Å². The Bertz CT molecular complexity index is 1060. The zero-order valence-corrected chi connectivity index (χ0v) is 24.5. The zero-order chi connectivity index (χ0) is 29.0. The first-order valence-electron chi connectivity index (χ1n) is 15.1. The summed E-state index contributed by atoms with van der Waals surface area (Å²) >= 11 is 0. The number of ether oxygens (including phenoxy) is 3. The van der Waals surface area contributed by atoms with E-state index in [0.29, 0.717) is 6.54 Å². The van der Waals surface area contributed by atoms with Crippen molar-refractivity contribution in [1.29, 1.82) is 0 Å². The van der Waals surface area contributed by atoms with E-state index >= 15 is 0 Å². The third kappa shape index (κ3) is 12.6. The average molecular weight is 562 g/mol. The third-order valence-electron chi connectivity index (χ3n) is 7.05. The van der Waals surface area contributed by atoms with Gasteiger partial charge in [-0.25, -0.2) is 0 Å². The molecule has 0 spiro atoms. The van der Waals surface area contributed by atoms with Gasteiger partial charge >= 0.3 is 0 Å². The highest BCUT2D eigenvalue weighted by atomic mass is 16.6. The van der Waals surface area contributed by atoms with Gasteiger partial charge in [-0.15, -0.1) is 0 Å². The van der Waals surface area contributed by atoms with Crippen molar-refractivity contribution < 1.29 is 24.1 Å². The number of carbonyl (C=O) groups is 1. The van der Waals surface area contributed by atoms with Crippen molar-refractivity contribution in [2.45, 2.75) is 90.0 Å². The van der Waals surface area contributed by atoms with Crippen molar-refractivity contribution >= 4 is 5.91 Å². The van der Waals surface area contributed by atoms with Gasteiger partial charge in [0, 0.05) is 6.54 Å². The highest BCUT2D eigenvalue weighted by molar-refractivity contribution is 5.81. The first kappa shape index (κ1) is 32.5. The van der Waals surface area contributed by atoms with Crippen LogP contribution < -0.4 is 5.32 Å². The van der Waals surface area contributed by atoms with E-state index in [2.05, 4.69) is 12.2 Å². The smallest absolute Gasteiger partial charge is 0.251 e. The molecule has 0 saturated heterocycles. The summed E-state index contributed by atoms with van der Waals surface area (Å²) in [6.45, 7) is 3.24. The van der Waals surface area contributed by atoms with Crippen molar-refractivity contribution in [3.63, 3.8) is 0 Å². The number of aliphatic hydroxyl groups is 1. The second-order valence-electron chi connectivity index (χ2n) is 10.4. The Morgan fingerprint density at radius 2 is 1.12 bits per heavy atom. The molecule has 3 rings (SSSR count). The molecule has 0 aliphatic heterocycles. The fraction of sp³-hybridized carbons (Fsp3) is 0.457. The highest BCUT2D eigenvalue weighted by Gasteiger charge is 2.37. The Kier molecular flexibility index (Phi) is 15.8. The molecule has 0 aromatic heterocycles. The van der Waals surface area contributed by atoms with Crippen LogP contribution in [0.4, 0.5) is 0 Å². The molecule has 2 N–H and O–H groups in total. The highest BCUT2D eigenvalue weighted by Crippen LogP contribution is 2.19. The summed E-state index contributed by atoms with van der Waals surface area (Å²) in [5.41, 5.74) is 2.88. The van der Waals surface area contributed by atoms with E-state index in [9.17, 15) is 9.90 Å². The molecule has 0 aliphatic rings. The van der Waals surface area contributed by atoms with Crippen LogP contribution in [0.3, 0.4) is 0 Å². The van der Waals surface area contributed by atoms with Gasteiger partial charge in [-0.1, -0.05) is 136 Å². The average Bonchev–Trinajstić information content (AvgIpc) is 3.02. The van der Waals surface area contributed by atoms with Crippen LogP contribution in [0.25, 0.3) is 0 Å². The number of benzene rings is 3. The lowest BCUT2D eigenvalue weighted by Crippen LogP contribution is -2.52. The lowest BCUT2D eigenvalue weighted by molar-refractivity contribution is -0.174. The third-order valence-corrected chi connectivity index (χ3v) is 7.05. The molecule has 6 nitrogen and oxygen atoms in total. The minimum absolute atomic E-state index is 0.235. The predicted molar refractivity (Wildman–Crippen MR) is 163 cm³/mol. The van der Waals surface area contributed by atoms with Crippen LogP contribution in [-0.2, 0) is 38.8 Å². The number of rotatable bonds is 21. The zero-order valence-electron chi connectivity index (χ0n) is 24.5. The number of carbonyl (C=O) groups excluding carboxylic acids is 1. The second-order valence-corrected chi connectivity index (χ2v) is 10.4. The largest absolute Gasteiger partial charge is 0.394 e. The SMILES string of the molecule is CCCCCCCCCNC(=O)[C@H](OCc1ccccc1)[C@@H](OCc1ccccc1)[C@@H](CO)OCc1ccccc1. The van der Waals surface area contributed by atoms with Gasteiger partial charge in [0.15, 0.2) is 6.10 Å². The number of aliphatic hydroxyl groups excluding tert-OH is 1. The van der Waals surface area contributed by atoms with Gasteiger partial charge in [-0.05, 0) is 23.1 Å². The summed E-state index contributed by atoms with van der Waals surface area (Å²) < 4.78 is 18.8. The van der Waals surface area contributed by atoms with Gasteiger partial charge in [0.1, 0.15) is 12.2 Å². The lowest BCUT2D eigenvalue weighted by Gasteiger charge is -2.32. The maximum atomic E-state index is 13.6. The first-order valence-corrected chi connectivity index (χ1v) is 15.1. The molecule has 0 saturated carbocycles. The molecule has 0 heterocycles. The predicted octanol–water partition coefficient (Wildman–Crippen LogP) is 6.60. The fourth-order valence-electron chi connectivity index (χ4n) is 4.66. The van der Waals surface area contributed by atoms with E-state index in [-0.39, 0.29) is 32.3 Å². The normalized spacial score (nSPS) is 13.4. The van der Waals surface area contributed by atoms with Crippen LogP contribution in [0.1, 0.15) is 68.6 Å². The Morgan fingerprint density at radius 3 is 1.63 bits per heavy atom. The van der Waals surface area contributed by atoms with Crippen LogP contribution in [-0.4, -0.2) is 42.5 Å². The fourth-order valence-corrected chi connectivity index (χ4v) is 4.66. The molecule has 0 aliphatic carbocycles. The molecule has 1 amide bonds. The van der Waals surface area contributed by atoms with E-state index in [1.165, 1.54) is 32.1 Å². The van der Waals surface area contributed by atoms with Crippen LogP contribution in [0, 0.1) is 0 Å². The first-order chi connectivity index (χ1) is 20.2. The second kappa shape index (κ2) is 19.9.